The monoisotopic (exact) mass is 190 g/mol. The number of rotatable bonds is 2. The van der Waals surface area contributed by atoms with E-state index in [2.05, 4.69) is 18.2 Å². The van der Waals surface area contributed by atoms with E-state index in [0.29, 0.717) is 0 Å². The Morgan fingerprint density at radius 3 is 2.64 bits per heavy atom. The first-order chi connectivity index (χ1) is 6.81. The van der Waals surface area contributed by atoms with Crippen LogP contribution < -0.4 is 0 Å². The van der Waals surface area contributed by atoms with Crippen molar-refractivity contribution in [3.05, 3.63) is 34.9 Å². The normalized spacial score (nSPS) is 17.6. The summed E-state index contributed by atoms with van der Waals surface area (Å²) in [6, 6.07) is 6.48. The highest BCUT2D eigenvalue weighted by molar-refractivity contribution is 5.34. The van der Waals surface area contributed by atoms with Crippen molar-refractivity contribution < 1.29 is 5.11 Å². The van der Waals surface area contributed by atoms with E-state index in [0.717, 1.165) is 12.0 Å². The van der Waals surface area contributed by atoms with Gasteiger partial charge in [-0.2, -0.15) is 0 Å². The second kappa shape index (κ2) is 4.14. The largest absolute Gasteiger partial charge is 0.388 e. The highest BCUT2D eigenvalue weighted by Crippen LogP contribution is 2.25. The molecule has 1 aliphatic rings. The Hall–Kier alpha value is -0.820. The molecule has 76 valence electrons. The Labute approximate surface area is 85.8 Å². The van der Waals surface area contributed by atoms with Crippen LogP contribution in [0, 0.1) is 0 Å². The van der Waals surface area contributed by atoms with Gasteiger partial charge in [-0.15, -0.1) is 0 Å². The molecular formula is C13H18O. The summed E-state index contributed by atoms with van der Waals surface area (Å²) in [5.41, 5.74) is 4.04. The third-order valence-electron chi connectivity index (χ3n) is 3.14. The van der Waals surface area contributed by atoms with Gasteiger partial charge in [0, 0.05) is 0 Å². The van der Waals surface area contributed by atoms with E-state index < -0.39 is 0 Å². The van der Waals surface area contributed by atoms with Gasteiger partial charge in [0.1, 0.15) is 0 Å². The minimum Gasteiger partial charge on any atom is -0.388 e. The standard InChI is InChI=1S/C13H18O/c1-2-13(14)12-8-7-10-5-3-4-6-11(10)9-12/h7-9,13-14H,2-6H2,1H3/t13-/m1/s1. The van der Waals surface area contributed by atoms with Gasteiger partial charge in [0.05, 0.1) is 6.10 Å². The summed E-state index contributed by atoms with van der Waals surface area (Å²) in [5, 5.41) is 9.73. The quantitative estimate of drug-likeness (QED) is 0.760. The summed E-state index contributed by atoms with van der Waals surface area (Å²) in [6.07, 6.45) is 5.57. The number of aliphatic hydroxyl groups is 1. The molecule has 0 bridgehead atoms. The van der Waals surface area contributed by atoms with Crippen LogP contribution in [0.2, 0.25) is 0 Å². The Morgan fingerprint density at radius 1 is 1.21 bits per heavy atom. The Morgan fingerprint density at radius 2 is 1.93 bits per heavy atom. The second-order valence-corrected chi connectivity index (χ2v) is 4.16. The molecule has 2 rings (SSSR count). The molecule has 0 aromatic heterocycles. The molecule has 0 aliphatic heterocycles. The zero-order valence-corrected chi connectivity index (χ0v) is 8.79. The van der Waals surface area contributed by atoms with Crippen LogP contribution in [0.3, 0.4) is 0 Å². The van der Waals surface area contributed by atoms with Gasteiger partial charge < -0.3 is 5.11 Å². The SMILES string of the molecule is CC[C@@H](O)c1ccc2c(c1)CCCC2. The smallest absolute Gasteiger partial charge is 0.0787 e. The van der Waals surface area contributed by atoms with E-state index in [4.69, 9.17) is 0 Å². The van der Waals surface area contributed by atoms with Crippen LogP contribution in [0.15, 0.2) is 18.2 Å². The molecule has 0 saturated carbocycles. The molecule has 0 fully saturated rings. The van der Waals surface area contributed by atoms with Crippen LogP contribution in [0.25, 0.3) is 0 Å². The lowest BCUT2D eigenvalue weighted by Gasteiger charge is -2.18. The number of hydrogen-bond donors (Lipinski definition) is 1. The molecule has 1 heteroatoms. The maximum Gasteiger partial charge on any atom is 0.0787 e. The van der Waals surface area contributed by atoms with Gasteiger partial charge in [0.15, 0.2) is 0 Å². The summed E-state index contributed by atoms with van der Waals surface area (Å²) < 4.78 is 0. The number of hydrogen-bond acceptors (Lipinski definition) is 1. The van der Waals surface area contributed by atoms with Crippen LogP contribution in [-0.4, -0.2) is 5.11 Å². The highest BCUT2D eigenvalue weighted by Gasteiger charge is 2.11. The van der Waals surface area contributed by atoms with Gasteiger partial charge in [-0.3, -0.25) is 0 Å². The van der Waals surface area contributed by atoms with Gasteiger partial charge >= 0.3 is 0 Å². The summed E-state index contributed by atoms with van der Waals surface area (Å²) in [7, 11) is 0. The van der Waals surface area contributed by atoms with Crippen molar-refractivity contribution >= 4 is 0 Å². The van der Waals surface area contributed by atoms with Crippen LogP contribution >= 0.6 is 0 Å². The lowest BCUT2D eigenvalue weighted by molar-refractivity contribution is 0.173. The maximum atomic E-state index is 9.73. The molecule has 0 spiro atoms. The number of aliphatic hydroxyl groups excluding tert-OH is 1. The van der Waals surface area contributed by atoms with Crippen molar-refractivity contribution in [1.82, 2.24) is 0 Å². The van der Waals surface area contributed by atoms with Gasteiger partial charge in [-0.1, -0.05) is 25.1 Å². The number of fused-ring (bicyclic) bond motifs is 1. The first-order valence-electron chi connectivity index (χ1n) is 5.61. The molecule has 1 aromatic carbocycles. The Balaban J connectivity index is 2.29. The first kappa shape index (κ1) is 9.72. The van der Waals surface area contributed by atoms with E-state index in [1.165, 1.54) is 36.8 Å². The third kappa shape index (κ3) is 1.83. The van der Waals surface area contributed by atoms with Gasteiger partial charge in [-0.05, 0) is 48.8 Å². The van der Waals surface area contributed by atoms with Crippen molar-refractivity contribution in [2.24, 2.45) is 0 Å². The topological polar surface area (TPSA) is 20.2 Å². The molecule has 0 saturated heterocycles. The van der Waals surface area contributed by atoms with E-state index >= 15 is 0 Å². The molecular weight excluding hydrogens is 172 g/mol. The van der Waals surface area contributed by atoms with Crippen molar-refractivity contribution in [2.45, 2.75) is 45.1 Å². The van der Waals surface area contributed by atoms with Gasteiger partial charge in [0.25, 0.3) is 0 Å². The van der Waals surface area contributed by atoms with Crippen molar-refractivity contribution in [1.29, 1.82) is 0 Å². The third-order valence-corrected chi connectivity index (χ3v) is 3.14. The molecule has 0 unspecified atom stereocenters. The minimum atomic E-state index is -0.276. The number of benzene rings is 1. The fourth-order valence-corrected chi connectivity index (χ4v) is 2.20. The summed E-state index contributed by atoms with van der Waals surface area (Å²) in [6.45, 7) is 2.02. The predicted octanol–water partition coefficient (Wildman–Crippen LogP) is 3.01. The van der Waals surface area contributed by atoms with E-state index in [-0.39, 0.29) is 6.10 Å². The molecule has 1 N–H and O–H groups in total. The average molecular weight is 190 g/mol. The van der Waals surface area contributed by atoms with E-state index in [1.807, 2.05) is 6.92 Å². The van der Waals surface area contributed by atoms with E-state index in [1.54, 1.807) is 0 Å². The van der Waals surface area contributed by atoms with Crippen LogP contribution in [0.1, 0.15) is 49.0 Å². The molecule has 0 amide bonds. The van der Waals surface area contributed by atoms with Crippen LogP contribution in [0.4, 0.5) is 0 Å². The summed E-state index contributed by atoms with van der Waals surface area (Å²) >= 11 is 0. The zero-order valence-electron chi connectivity index (χ0n) is 8.79. The van der Waals surface area contributed by atoms with E-state index in [9.17, 15) is 5.11 Å². The van der Waals surface area contributed by atoms with Crippen molar-refractivity contribution in [3.8, 4) is 0 Å². The lowest BCUT2D eigenvalue weighted by Crippen LogP contribution is -2.04. The summed E-state index contributed by atoms with van der Waals surface area (Å²) in [4.78, 5) is 0. The first-order valence-corrected chi connectivity index (χ1v) is 5.61. The molecule has 1 nitrogen and oxygen atoms in total. The Kier molecular flexibility index (Phi) is 2.87. The fourth-order valence-electron chi connectivity index (χ4n) is 2.20. The average Bonchev–Trinajstić information content (AvgIpc) is 2.27. The molecule has 1 aliphatic carbocycles. The van der Waals surface area contributed by atoms with Gasteiger partial charge in [-0.25, -0.2) is 0 Å². The molecule has 0 radical (unpaired) electrons. The molecule has 14 heavy (non-hydrogen) atoms. The number of aryl methyl sites for hydroxylation is 2. The predicted molar refractivity (Wildman–Crippen MR) is 58.3 cm³/mol. The lowest BCUT2D eigenvalue weighted by atomic mass is 9.89. The van der Waals surface area contributed by atoms with Crippen molar-refractivity contribution in [3.63, 3.8) is 0 Å². The maximum absolute atomic E-state index is 9.73. The highest BCUT2D eigenvalue weighted by atomic mass is 16.3. The molecule has 0 heterocycles. The minimum absolute atomic E-state index is 0.276. The molecule has 1 aromatic rings. The molecule has 1 atom stereocenters. The van der Waals surface area contributed by atoms with Crippen molar-refractivity contribution in [2.75, 3.05) is 0 Å². The van der Waals surface area contributed by atoms with Gasteiger partial charge in [0.2, 0.25) is 0 Å². The second-order valence-electron chi connectivity index (χ2n) is 4.16. The van der Waals surface area contributed by atoms with Crippen LogP contribution in [0.5, 0.6) is 0 Å². The Bertz CT molecular complexity index is 317. The fraction of sp³-hybridized carbons (Fsp3) is 0.538. The summed E-state index contributed by atoms with van der Waals surface area (Å²) in [5.74, 6) is 0. The zero-order chi connectivity index (χ0) is 9.97. The van der Waals surface area contributed by atoms with Crippen LogP contribution in [-0.2, 0) is 12.8 Å².